The van der Waals surface area contributed by atoms with Crippen molar-refractivity contribution in [2.24, 2.45) is 0 Å². The summed E-state index contributed by atoms with van der Waals surface area (Å²) in [6, 6.07) is 3.62. The van der Waals surface area contributed by atoms with Crippen LogP contribution in [0.1, 0.15) is 49.8 Å². The summed E-state index contributed by atoms with van der Waals surface area (Å²) in [7, 11) is 1.71. The first-order chi connectivity index (χ1) is 11.3. The van der Waals surface area contributed by atoms with Gasteiger partial charge in [0.2, 0.25) is 0 Å². The van der Waals surface area contributed by atoms with Crippen LogP contribution in [-0.2, 0) is 17.7 Å². The highest BCUT2D eigenvalue weighted by molar-refractivity contribution is 5.70. The quantitative estimate of drug-likeness (QED) is 0.635. The molecule has 0 atom stereocenters. The average molecular weight is 334 g/mol. The predicted octanol–water partition coefficient (Wildman–Crippen LogP) is 1.92. The Morgan fingerprint density at radius 1 is 1.21 bits per heavy atom. The number of nitrogens with zero attached hydrogens (tertiary/aromatic N) is 5. The van der Waals surface area contributed by atoms with E-state index in [0.717, 1.165) is 31.5 Å². The molecule has 2 N–H and O–H groups in total. The zero-order valence-corrected chi connectivity index (χ0v) is 14.8. The van der Waals surface area contributed by atoms with Gasteiger partial charge in [-0.15, -0.1) is 10.2 Å². The number of aldehydes is 1. The monoisotopic (exact) mass is 334 g/mol. The molecule has 2 heterocycles. The van der Waals surface area contributed by atoms with Crippen molar-refractivity contribution in [2.75, 3.05) is 12.8 Å². The van der Waals surface area contributed by atoms with Gasteiger partial charge in [0.05, 0.1) is 17.5 Å². The maximum atomic E-state index is 10.4. The van der Waals surface area contributed by atoms with E-state index in [-0.39, 0.29) is 5.60 Å². The lowest BCUT2D eigenvalue weighted by Gasteiger charge is -2.14. The van der Waals surface area contributed by atoms with Gasteiger partial charge in [0.1, 0.15) is 11.5 Å². The van der Waals surface area contributed by atoms with Gasteiger partial charge in [0.25, 0.3) is 0 Å². The van der Waals surface area contributed by atoms with E-state index in [2.05, 4.69) is 20.5 Å². The molecule has 0 radical (unpaired) electrons. The fourth-order valence-electron chi connectivity index (χ4n) is 1.56. The lowest BCUT2D eigenvalue weighted by atomic mass is 10.2. The van der Waals surface area contributed by atoms with Crippen molar-refractivity contribution in [3.8, 4) is 0 Å². The molecule has 0 bridgehead atoms. The molecule has 132 valence electrons. The Kier molecular flexibility index (Phi) is 7.97. The second kappa shape index (κ2) is 9.71. The molecule has 24 heavy (non-hydrogen) atoms. The van der Waals surface area contributed by atoms with Gasteiger partial charge >= 0.3 is 0 Å². The molecule has 8 heteroatoms. The highest BCUT2D eigenvalue weighted by atomic mass is 16.5. The Morgan fingerprint density at radius 2 is 1.92 bits per heavy atom. The lowest BCUT2D eigenvalue weighted by molar-refractivity contribution is 0.0397. The molecule has 0 saturated heterocycles. The van der Waals surface area contributed by atoms with Crippen LogP contribution in [0, 0.1) is 0 Å². The van der Waals surface area contributed by atoms with Crippen LogP contribution in [0.15, 0.2) is 18.3 Å². The van der Waals surface area contributed by atoms with Crippen molar-refractivity contribution in [3.05, 3.63) is 29.7 Å². The third-order valence-electron chi connectivity index (χ3n) is 3.10. The number of hydrogen-bond donors (Lipinski definition) is 1. The molecule has 0 spiro atoms. The third kappa shape index (κ3) is 8.33. The van der Waals surface area contributed by atoms with E-state index >= 15 is 0 Å². The molecule has 8 nitrogen and oxygen atoms in total. The van der Waals surface area contributed by atoms with E-state index in [0.29, 0.717) is 17.8 Å². The molecule has 0 aliphatic heterocycles. The number of aryl methyl sites for hydroxylation is 2. The minimum Gasteiger partial charge on any atom is -0.382 e. The molecule has 0 aliphatic carbocycles. The van der Waals surface area contributed by atoms with Crippen LogP contribution in [0.4, 0.5) is 5.82 Å². The summed E-state index contributed by atoms with van der Waals surface area (Å²) in [5.41, 5.74) is 6.78. The van der Waals surface area contributed by atoms with Gasteiger partial charge in [-0.2, -0.15) is 5.10 Å². The highest BCUT2D eigenvalue weighted by Crippen LogP contribution is 2.04. The largest absolute Gasteiger partial charge is 0.382 e. The first-order valence-electron chi connectivity index (χ1n) is 7.82. The number of methoxy groups -OCH3 is 1. The van der Waals surface area contributed by atoms with Crippen LogP contribution in [0.5, 0.6) is 0 Å². The van der Waals surface area contributed by atoms with E-state index in [9.17, 15) is 4.79 Å². The summed E-state index contributed by atoms with van der Waals surface area (Å²) in [5.74, 6) is 0.433. The van der Waals surface area contributed by atoms with E-state index in [1.807, 2.05) is 26.8 Å². The van der Waals surface area contributed by atoms with Crippen LogP contribution in [-0.4, -0.2) is 44.2 Å². The zero-order chi connectivity index (χ0) is 18.0. The number of carbonyl (C=O) groups is 1. The maximum absolute atomic E-state index is 10.4. The smallest absolute Gasteiger partial charge is 0.171 e. The van der Waals surface area contributed by atoms with Crippen LogP contribution in [0.2, 0.25) is 0 Å². The number of carbonyl (C=O) groups excluding carboxylic acids is 1. The molecule has 0 fully saturated rings. The minimum atomic E-state index is 0.0417. The van der Waals surface area contributed by atoms with Crippen molar-refractivity contribution in [2.45, 2.75) is 52.2 Å². The fraction of sp³-hybridized carbons (Fsp3) is 0.562. The maximum Gasteiger partial charge on any atom is 0.171 e. The van der Waals surface area contributed by atoms with Crippen LogP contribution < -0.4 is 5.73 Å². The topological polar surface area (TPSA) is 109 Å². The Bertz CT molecular complexity index is 604. The van der Waals surface area contributed by atoms with Crippen LogP contribution in [0.3, 0.4) is 0 Å². The number of unbranched alkanes of at least 4 members (excludes halogenated alkanes) is 1. The Hall–Kier alpha value is -2.35. The summed E-state index contributed by atoms with van der Waals surface area (Å²) in [5, 5.41) is 15.3. The minimum absolute atomic E-state index is 0.0417. The third-order valence-corrected chi connectivity index (χ3v) is 3.10. The van der Waals surface area contributed by atoms with Gasteiger partial charge in [-0.3, -0.25) is 9.48 Å². The van der Waals surface area contributed by atoms with Crippen LogP contribution >= 0.6 is 0 Å². The van der Waals surface area contributed by atoms with E-state index in [1.54, 1.807) is 24.1 Å². The van der Waals surface area contributed by atoms with Crippen molar-refractivity contribution >= 4 is 12.1 Å². The zero-order valence-electron chi connectivity index (χ0n) is 14.8. The molecule has 0 unspecified atom stereocenters. The number of ether oxygens (including phenoxy) is 1. The molecule has 0 saturated carbocycles. The fourth-order valence-corrected chi connectivity index (χ4v) is 1.56. The second-order valence-electron chi connectivity index (χ2n) is 6.25. The van der Waals surface area contributed by atoms with Crippen molar-refractivity contribution in [3.63, 3.8) is 0 Å². The number of nitrogen functional groups attached to an aromatic ring is 1. The molecular weight excluding hydrogens is 308 g/mol. The van der Waals surface area contributed by atoms with Crippen molar-refractivity contribution < 1.29 is 9.53 Å². The normalized spacial score (nSPS) is 10.8. The van der Waals surface area contributed by atoms with Crippen molar-refractivity contribution in [1.29, 1.82) is 0 Å². The second-order valence-corrected chi connectivity index (χ2v) is 6.25. The van der Waals surface area contributed by atoms with E-state index < -0.39 is 0 Å². The molecule has 0 amide bonds. The average Bonchev–Trinajstić information content (AvgIpc) is 3.01. The standard InChI is InChI=1S/C11H14N6O.C5H12O/c12-11-5-4-9(13-15-11)3-1-2-6-17-7-10(8-18)14-16-17;1-5(2,3)6-4/h4-5,7-8H,1-3,6H2,(H2,12,15);1-4H3. The summed E-state index contributed by atoms with van der Waals surface area (Å²) in [4.78, 5) is 10.4. The SMILES string of the molecule is COC(C)(C)C.Nc1ccc(CCCCn2cc(C=O)nn2)nn1. The Balaban J connectivity index is 0.000000413. The Labute approximate surface area is 142 Å². The summed E-state index contributed by atoms with van der Waals surface area (Å²) >= 11 is 0. The predicted molar refractivity (Wildman–Crippen MR) is 91.6 cm³/mol. The Morgan fingerprint density at radius 3 is 2.42 bits per heavy atom. The summed E-state index contributed by atoms with van der Waals surface area (Å²) in [6.45, 7) is 6.80. The molecule has 2 aromatic heterocycles. The molecule has 2 rings (SSSR count). The number of nitrogens with two attached hydrogens (primary N) is 1. The van der Waals surface area contributed by atoms with Crippen molar-refractivity contribution in [1.82, 2.24) is 25.2 Å². The van der Waals surface area contributed by atoms with Crippen LogP contribution in [0.25, 0.3) is 0 Å². The number of anilines is 1. The van der Waals surface area contributed by atoms with Gasteiger partial charge in [0.15, 0.2) is 6.29 Å². The molecule has 0 aromatic carbocycles. The number of hydrogen-bond acceptors (Lipinski definition) is 7. The molecule has 2 aromatic rings. The first kappa shape index (κ1) is 19.7. The molecule has 0 aliphatic rings. The van der Waals surface area contributed by atoms with Gasteiger partial charge in [0, 0.05) is 13.7 Å². The van der Waals surface area contributed by atoms with E-state index in [4.69, 9.17) is 10.5 Å². The summed E-state index contributed by atoms with van der Waals surface area (Å²) < 4.78 is 6.60. The van der Waals surface area contributed by atoms with Gasteiger partial charge in [-0.1, -0.05) is 5.21 Å². The number of rotatable bonds is 6. The van der Waals surface area contributed by atoms with Gasteiger partial charge < -0.3 is 10.5 Å². The molecular formula is C16H26N6O2. The highest BCUT2D eigenvalue weighted by Gasteiger charge is 2.04. The summed E-state index contributed by atoms with van der Waals surface area (Å²) in [6.07, 6.45) is 5.08. The van der Waals surface area contributed by atoms with E-state index in [1.165, 1.54) is 0 Å². The lowest BCUT2D eigenvalue weighted by Crippen LogP contribution is -2.15. The van der Waals surface area contributed by atoms with Gasteiger partial charge in [-0.05, 0) is 52.2 Å². The number of aromatic nitrogens is 5. The van der Waals surface area contributed by atoms with Gasteiger partial charge in [-0.25, -0.2) is 0 Å². The first-order valence-corrected chi connectivity index (χ1v) is 7.82.